The van der Waals surface area contributed by atoms with Crippen molar-refractivity contribution in [1.82, 2.24) is 4.98 Å². The van der Waals surface area contributed by atoms with Gasteiger partial charge in [-0.05, 0) is 43.3 Å². The zero-order chi connectivity index (χ0) is 17.3. The number of nitrogens with one attached hydrogen (secondary N) is 1. The third kappa shape index (κ3) is 2.95. The first-order chi connectivity index (χ1) is 11.5. The number of halogens is 2. The molecule has 1 heterocycles. The van der Waals surface area contributed by atoms with Crippen LogP contribution in [0.15, 0.2) is 42.5 Å². The fourth-order valence-corrected chi connectivity index (χ4v) is 2.67. The Kier molecular flexibility index (Phi) is 4.20. The number of aromatic amines is 1. The molecule has 0 bridgehead atoms. The van der Waals surface area contributed by atoms with Crippen LogP contribution in [0.1, 0.15) is 21.6 Å². The van der Waals surface area contributed by atoms with Gasteiger partial charge in [0.2, 0.25) is 0 Å². The average molecular weight is 331 g/mol. The molecular formula is C18H15F2NO3. The van der Waals surface area contributed by atoms with E-state index >= 15 is 0 Å². The number of carbonyl (C=O) groups is 1. The molecule has 0 aliphatic carbocycles. The summed E-state index contributed by atoms with van der Waals surface area (Å²) in [4.78, 5) is 15.8. The maximum atomic E-state index is 12.8. The number of fused-ring (bicyclic) bond motifs is 1. The quantitative estimate of drug-likeness (QED) is 0.709. The lowest BCUT2D eigenvalue weighted by atomic mass is 10.0. The van der Waals surface area contributed by atoms with E-state index in [0.29, 0.717) is 33.5 Å². The second kappa shape index (κ2) is 6.31. The van der Waals surface area contributed by atoms with Gasteiger partial charge < -0.3 is 14.5 Å². The van der Waals surface area contributed by atoms with Crippen LogP contribution in [0.25, 0.3) is 10.9 Å². The summed E-state index contributed by atoms with van der Waals surface area (Å²) in [6.07, 6.45) is 0. The van der Waals surface area contributed by atoms with E-state index in [-0.39, 0.29) is 11.5 Å². The van der Waals surface area contributed by atoms with Crippen molar-refractivity contribution >= 4 is 16.7 Å². The molecular weight excluding hydrogens is 316 g/mol. The summed E-state index contributed by atoms with van der Waals surface area (Å²) >= 11 is 0. The van der Waals surface area contributed by atoms with Gasteiger partial charge in [0.15, 0.2) is 5.78 Å². The number of benzene rings is 2. The topological polar surface area (TPSA) is 51.3 Å². The average Bonchev–Trinajstić information content (AvgIpc) is 2.88. The summed E-state index contributed by atoms with van der Waals surface area (Å²) in [5.41, 5.74) is 2.27. The number of aromatic nitrogens is 1. The lowest BCUT2D eigenvalue weighted by Gasteiger charge is -2.05. The zero-order valence-electron chi connectivity index (χ0n) is 13.1. The minimum atomic E-state index is -2.89. The molecule has 124 valence electrons. The Labute approximate surface area is 137 Å². The van der Waals surface area contributed by atoms with Crippen molar-refractivity contribution < 1.29 is 23.0 Å². The Morgan fingerprint density at radius 2 is 1.75 bits per heavy atom. The highest BCUT2D eigenvalue weighted by molar-refractivity contribution is 6.17. The SMILES string of the molecule is COc1ccc(C(=O)c2c(C)[nH]c3cc(OC(F)F)ccc23)cc1. The van der Waals surface area contributed by atoms with Crippen molar-refractivity contribution in [2.24, 2.45) is 0 Å². The summed E-state index contributed by atoms with van der Waals surface area (Å²) < 4.78 is 34.1. The van der Waals surface area contributed by atoms with Gasteiger partial charge in [-0.3, -0.25) is 4.79 Å². The van der Waals surface area contributed by atoms with Crippen molar-refractivity contribution in [3.63, 3.8) is 0 Å². The second-order valence-corrected chi connectivity index (χ2v) is 5.27. The van der Waals surface area contributed by atoms with E-state index in [1.165, 1.54) is 12.1 Å². The summed E-state index contributed by atoms with van der Waals surface area (Å²) in [5.74, 6) is 0.558. The molecule has 3 aromatic rings. The summed E-state index contributed by atoms with van der Waals surface area (Å²) in [7, 11) is 1.56. The maximum absolute atomic E-state index is 12.8. The Bertz CT molecular complexity index is 885. The lowest BCUT2D eigenvalue weighted by molar-refractivity contribution is -0.0497. The van der Waals surface area contributed by atoms with Gasteiger partial charge in [0.1, 0.15) is 11.5 Å². The monoisotopic (exact) mass is 331 g/mol. The first kappa shape index (κ1) is 16.0. The fraction of sp³-hybridized carbons (Fsp3) is 0.167. The third-order valence-corrected chi connectivity index (χ3v) is 3.76. The molecule has 0 fully saturated rings. The molecule has 4 nitrogen and oxygen atoms in total. The zero-order valence-corrected chi connectivity index (χ0v) is 13.1. The molecule has 0 radical (unpaired) electrons. The number of H-pyrrole nitrogens is 1. The molecule has 0 unspecified atom stereocenters. The molecule has 1 N–H and O–H groups in total. The molecule has 0 saturated carbocycles. The minimum Gasteiger partial charge on any atom is -0.497 e. The van der Waals surface area contributed by atoms with E-state index in [9.17, 15) is 13.6 Å². The van der Waals surface area contributed by atoms with Crippen LogP contribution in [0.3, 0.4) is 0 Å². The number of hydrogen-bond acceptors (Lipinski definition) is 3. The van der Waals surface area contributed by atoms with Gasteiger partial charge in [0.25, 0.3) is 0 Å². The van der Waals surface area contributed by atoms with Crippen LogP contribution in [0.4, 0.5) is 8.78 Å². The van der Waals surface area contributed by atoms with Crippen molar-refractivity contribution in [2.45, 2.75) is 13.5 Å². The van der Waals surface area contributed by atoms with Gasteiger partial charge in [0.05, 0.1) is 18.2 Å². The van der Waals surface area contributed by atoms with Crippen LogP contribution in [0.2, 0.25) is 0 Å². The van der Waals surface area contributed by atoms with Gasteiger partial charge in [-0.2, -0.15) is 8.78 Å². The van der Waals surface area contributed by atoms with Gasteiger partial charge in [-0.1, -0.05) is 0 Å². The largest absolute Gasteiger partial charge is 0.497 e. The number of ketones is 1. The van der Waals surface area contributed by atoms with E-state index < -0.39 is 6.61 Å². The van der Waals surface area contributed by atoms with Gasteiger partial charge in [-0.15, -0.1) is 0 Å². The Hall–Kier alpha value is -2.89. The van der Waals surface area contributed by atoms with E-state index in [2.05, 4.69) is 9.72 Å². The fourth-order valence-electron chi connectivity index (χ4n) is 2.67. The lowest BCUT2D eigenvalue weighted by Crippen LogP contribution is -2.03. The summed E-state index contributed by atoms with van der Waals surface area (Å²) in [6.45, 7) is -1.12. The Balaban J connectivity index is 2.01. The van der Waals surface area contributed by atoms with Crippen LogP contribution in [-0.4, -0.2) is 24.5 Å². The molecule has 24 heavy (non-hydrogen) atoms. The van der Waals surface area contributed by atoms with Crippen molar-refractivity contribution in [1.29, 1.82) is 0 Å². The van der Waals surface area contributed by atoms with Crippen LogP contribution in [0.5, 0.6) is 11.5 Å². The Morgan fingerprint density at radius 3 is 2.38 bits per heavy atom. The number of rotatable bonds is 5. The third-order valence-electron chi connectivity index (χ3n) is 3.76. The van der Waals surface area contributed by atoms with Crippen LogP contribution < -0.4 is 9.47 Å². The van der Waals surface area contributed by atoms with E-state index in [4.69, 9.17) is 4.74 Å². The smallest absolute Gasteiger partial charge is 0.387 e. The highest BCUT2D eigenvalue weighted by atomic mass is 19.3. The molecule has 0 amide bonds. The van der Waals surface area contributed by atoms with E-state index in [1.54, 1.807) is 44.4 Å². The van der Waals surface area contributed by atoms with Crippen molar-refractivity contribution in [2.75, 3.05) is 7.11 Å². The predicted octanol–water partition coefficient (Wildman–Crippen LogP) is 4.32. The normalized spacial score (nSPS) is 11.0. The summed E-state index contributed by atoms with van der Waals surface area (Å²) in [6, 6.07) is 11.3. The summed E-state index contributed by atoms with van der Waals surface area (Å²) in [5, 5.41) is 0.662. The number of aryl methyl sites for hydroxylation is 1. The van der Waals surface area contributed by atoms with Crippen LogP contribution in [-0.2, 0) is 0 Å². The van der Waals surface area contributed by atoms with Crippen LogP contribution >= 0.6 is 0 Å². The number of ether oxygens (including phenoxy) is 2. The highest BCUT2D eigenvalue weighted by Crippen LogP contribution is 2.29. The van der Waals surface area contributed by atoms with Crippen molar-refractivity contribution in [3.05, 3.63) is 59.3 Å². The van der Waals surface area contributed by atoms with E-state index in [0.717, 1.165) is 0 Å². The van der Waals surface area contributed by atoms with Crippen molar-refractivity contribution in [3.8, 4) is 11.5 Å². The van der Waals surface area contributed by atoms with E-state index in [1.807, 2.05) is 0 Å². The van der Waals surface area contributed by atoms with Crippen LogP contribution in [0, 0.1) is 6.92 Å². The van der Waals surface area contributed by atoms with Gasteiger partial charge >= 0.3 is 6.61 Å². The number of carbonyl (C=O) groups excluding carboxylic acids is 1. The molecule has 0 atom stereocenters. The molecule has 1 aromatic heterocycles. The number of hydrogen-bond donors (Lipinski definition) is 1. The second-order valence-electron chi connectivity index (χ2n) is 5.27. The van der Waals surface area contributed by atoms with Gasteiger partial charge in [0, 0.05) is 22.7 Å². The van der Waals surface area contributed by atoms with Gasteiger partial charge in [-0.25, -0.2) is 0 Å². The maximum Gasteiger partial charge on any atom is 0.387 e. The predicted molar refractivity (Wildman–Crippen MR) is 86.1 cm³/mol. The highest BCUT2D eigenvalue weighted by Gasteiger charge is 2.18. The molecule has 0 aliphatic heterocycles. The first-order valence-corrected chi connectivity index (χ1v) is 7.25. The molecule has 3 rings (SSSR count). The first-order valence-electron chi connectivity index (χ1n) is 7.25. The molecule has 6 heteroatoms. The molecule has 0 spiro atoms. The Morgan fingerprint density at radius 1 is 1.08 bits per heavy atom. The molecule has 2 aromatic carbocycles. The number of methoxy groups -OCH3 is 1. The molecule has 0 saturated heterocycles. The minimum absolute atomic E-state index is 0.0437. The standard InChI is InChI=1S/C18H15F2NO3/c1-10-16(17(22)11-3-5-12(23-2)6-4-11)14-8-7-13(24-18(19)20)9-15(14)21-10/h3-9,18,21H,1-2H3. The number of alkyl halides is 2. The molecule has 0 aliphatic rings.